The summed E-state index contributed by atoms with van der Waals surface area (Å²) in [6.07, 6.45) is 1.29. The Bertz CT molecular complexity index is 817. The van der Waals surface area contributed by atoms with Crippen LogP contribution in [0.4, 0.5) is 0 Å². The molecule has 2 aromatic rings. The summed E-state index contributed by atoms with van der Waals surface area (Å²) in [5, 5.41) is 9.00. The highest BCUT2D eigenvalue weighted by Gasteiger charge is 2.14. The number of halogens is 1. The van der Waals surface area contributed by atoms with Crippen LogP contribution >= 0.6 is 11.6 Å². The van der Waals surface area contributed by atoms with Crippen molar-refractivity contribution in [3.63, 3.8) is 0 Å². The first kappa shape index (κ1) is 19.6. The molecular formula is C20H20ClNO4. The second-order valence-electron chi connectivity index (χ2n) is 5.61. The van der Waals surface area contributed by atoms with E-state index in [1.807, 2.05) is 24.3 Å². The van der Waals surface area contributed by atoms with E-state index in [0.29, 0.717) is 27.8 Å². The molecule has 0 bridgehead atoms. The summed E-state index contributed by atoms with van der Waals surface area (Å²) >= 11 is 6.19. The van der Waals surface area contributed by atoms with Gasteiger partial charge < -0.3 is 14.2 Å². The van der Waals surface area contributed by atoms with Crippen molar-refractivity contribution < 1.29 is 19.0 Å². The van der Waals surface area contributed by atoms with E-state index in [9.17, 15) is 4.79 Å². The third-order valence-corrected chi connectivity index (χ3v) is 4.31. The second kappa shape index (κ2) is 9.12. The van der Waals surface area contributed by atoms with Crippen LogP contribution < -0.4 is 14.2 Å². The first-order chi connectivity index (χ1) is 12.5. The Hall–Kier alpha value is -2.71. The number of carbonyl (C=O) groups is 1. The molecule has 0 spiro atoms. The van der Waals surface area contributed by atoms with Gasteiger partial charge in [0.2, 0.25) is 5.75 Å². The summed E-state index contributed by atoms with van der Waals surface area (Å²) in [4.78, 5) is 11.8. The van der Waals surface area contributed by atoms with Crippen LogP contribution in [0.3, 0.4) is 0 Å². The van der Waals surface area contributed by atoms with Gasteiger partial charge in [0.15, 0.2) is 17.3 Å². The van der Waals surface area contributed by atoms with E-state index in [4.69, 9.17) is 31.1 Å². The van der Waals surface area contributed by atoms with Gasteiger partial charge in [-0.3, -0.25) is 4.79 Å². The maximum absolute atomic E-state index is 11.8. The van der Waals surface area contributed by atoms with Gasteiger partial charge in [-0.2, -0.15) is 5.26 Å². The molecule has 0 amide bonds. The molecule has 0 saturated heterocycles. The Morgan fingerprint density at radius 3 is 2.12 bits per heavy atom. The van der Waals surface area contributed by atoms with Gasteiger partial charge in [0.25, 0.3) is 0 Å². The molecule has 26 heavy (non-hydrogen) atoms. The molecule has 0 aliphatic heterocycles. The van der Waals surface area contributed by atoms with Crippen LogP contribution in [0, 0.1) is 11.3 Å². The Balaban J connectivity index is 2.17. The van der Waals surface area contributed by atoms with Crippen molar-refractivity contribution in [1.82, 2.24) is 0 Å². The van der Waals surface area contributed by atoms with E-state index < -0.39 is 0 Å². The standard InChI is InChI=1S/C20H20ClNO4/c1-24-18-11-14(12-19(25-2)20(18)26-3)5-4-13-6-7-15(16(21)10-13)17(23)8-9-22/h6-7,10-12H,4-5,8H2,1-3H3. The van der Waals surface area contributed by atoms with Gasteiger partial charge in [-0.05, 0) is 48.2 Å². The van der Waals surface area contributed by atoms with E-state index in [0.717, 1.165) is 24.0 Å². The van der Waals surface area contributed by atoms with Crippen LogP contribution in [0.1, 0.15) is 27.9 Å². The fourth-order valence-electron chi connectivity index (χ4n) is 2.68. The van der Waals surface area contributed by atoms with Crippen molar-refractivity contribution in [2.24, 2.45) is 0 Å². The van der Waals surface area contributed by atoms with Crippen molar-refractivity contribution in [3.8, 4) is 23.3 Å². The largest absolute Gasteiger partial charge is 0.493 e. The molecule has 0 unspecified atom stereocenters. The first-order valence-electron chi connectivity index (χ1n) is 8.01. The summed E-state index contributed by atoms with van der Waals surface area (Å²) in [7, 11) is 4.73. The molecule has 5 nitrogen and oxygen atoms in total. The van der Waals surface area contributed by atoms with E-state index >= 15 is 0 Å². The molecule has 6 heteroatoms. The van der Waals surface area contributed by atoms with E-state index in [1.165, 1.54) is 0 Å². The molecule has 0 radical (unpaired) electrons. The number of nitrogens with zero attached hydrogens (tertiary/aromatic N) is 1. The second-order valence-corrected chi connectivity index (χ2v) is 6.01. The summed E-state index contributed by atoms with van der Waals surface area (Å²) in [6, 6.07) is 11.0. The lowest BCUT2D eigenvalue weighted by molar-refractivity contribution is 0.0998. The van der Waals surface area contributed by atoms with Crippen molar-refractivity contribution in [3.05, 3.63) is 52.0 Å². The number of methoxy groups -OCH3 is 3. The number of carbonyl (C=O) groups excluding carboxylic acids is 1. The Kier molecular flexibility index (Phi) is 6.88. The molecule has 0 atom stereocenters. The normalized spacial score (nSPS) is 10.1. The average molecular weight is 374 g/mol. The fraction of sp³-hybridized carbons (Fsp3) is 0.300. The SMILES string of the molecule is COc1cc(CCc2ccc(C(=O)CC#N)c(Cl)c2)cc(OC)c1OC. The minimum atomic E-state index is -0.270. The fourth-order valence-corrected chi connectivity index (χ4v) is 2.98. The average Bonchev–Trinajstić information content (AvgIpc) is 2.65. The van der Waals surface area contributed by atoms with Crippen LogP contribution in [0.15, 0.2) is 30.3 Å². The lowest BCUT2D eigenvalue weighted by Crippen LogP contribution is -2.01. The van der Waals surface area contributed by atoms with Gasteiger partial charge in [0.1, 0.15) is 0 Å². The quantitative estimate of drug-likeness (QED) is 0.647. The smallest absolute Gasteiger partial charge is 0.203 e. The van der Waals surface area contributed by atoms with Crippen LogP contribution in [0.2, 0.25) is 5.02 Å². The Labute approximate surface area is 158 Å². The molecule has 136 valence electrons. The molecule has 0 aliphatic carbocycles. The summed E-state index contributed by atoms with van der Waals surface area (Å²) in [5.41, 5.74) is 2.40. The molecule has 0 N–H and O–H groups in total. The number of nitriles is 1. The maximum Gasteiger partial charge on any atom is 0.203 e. The molecule has 2 rings (SSSR count). The molecule has 2 aromatic carbocycles. The number of Topliss-reactive ketones (excluding diaryl/α,β-unsaturated/α-hetero) is 1. The zero-order chi connectivity index (χ0) is 19.1. The van der Waals surface area contributed by atoms with Crippen LogP contribution in [-0.4, -0.2) is 27.1 Å². The minimum absolute atomic E-state index is 0.176. The number of hydrogen-bond acceptors (Lipinski definition) is 5. The van der Waals surface area contributed by atoms with Gasteiger partial charge in [-0.15, -0.1) is 0 Å². The lowest BCUT2D eigenvalue weighted by Gasteiger charge is -2.14. The van der Waals surface area contributed by atoms with Gasteiger partial charge in [-0.25, -0.2) is 0 Å². The van der Waals surface area contributed by atoms with E-state index in [-0.39, 0.29) is 12.2 Å². The Morgan fingerprint density at radius 2 is 1.62 bits per heavy atom. The zero-order valence-electron chi connectivity index (χ0n) is 15.0. The number of hydrogen-bond donors (Lipinski definition) is 0. The summed E-state index contributed by atoms with van der Waals surface area (Å²) in [6.45, 7) is 0. The van der Waals surface area contributed by atoms with Gasteiger partial charge in [0, 0.05) is 5.56 Å². The maximum atomic E-state index is 11.8. The third kappa shape index (κ3) is 4.47. The van der Waals surface area contributed by atoms with E-state index in [2.05, 4.69) is 0 Å². The van der Waals surface area contributed by atoms with Crippen LogP contribution in [0.5, 0.6) is 17.2 Å². The van der Waals surface area contributed by atoms with Crippen LogP contribution in [0.25, 0.3) is 0 Å². The number of aryl methyl sites for hydroxylation is 2. The Morgan fingerprint density at radius 1 is 1.00 bits per heavy atom. The van der Waals surface area contributed by atoms with Crippen LogP contribution in [-0.2, 0) is 12.8 Å². The van der Waals surface area contributed by atoms with Crippen molar-refractivity contribution in [2.45, 2.75) is 19.3 Å². The highest BCUT2D eigenvalue weighted by Crippen LogP contribution is 2.38. The van der Waals surface area contributed by atoms with Crippen molar-refractivity contribution >= 4 is 17.4 Å². The van der Waals surface area contributed by atoms with Gasteiger partial charge in [0.05, 0.1) is 38.8 Å². The number of rotatable bonds is 8. The molecule has 0 saturated carbocycles. The summed E-state index contributed by atoms with van der Waals surface area (Å²) < 4.78 is 16.1. The predicted molar refractivity (Wildman–Crippen MR) is 99.5 cm³/mol. The van der Waals surface area contributed by atoms with Gasteiger partial charge in [-0.1, -0.05) is 17.7 Å². The number of ether oxygens (including phenoxy) is 3. The molecule has 0 heterocycles. The number of ketones is 1. The highest BCUT2D eigenvalue weighted by molar-refractivity contribution is 6.34. The first-order valence-corrected chi connectivity index (χ1v) is 8.39. The molecule has 0 aromatic heterocycles. The van der Waals surface area contributed by atoms with Gasteiger partial charge >= 0.3 is 0 Å². The minimum Gasteiger partial charge on any atom is -0.493 e. The molecule has 0 aliphatic rings. The predicted octanol–water partition coefficient (Wildman–Crippen LogP) is 4.25. The third-order valence-electron chi connectivity index (χ3n) is 4.00. The zero-order valence-corrected chi connectivity index (χ0v) is 15.7. The summed E-state index contributed by atoms with van der Waals surface area (Å²) in [5.74, 6) is 1.51. The van der Waals surface area contributed by atoms with Crippen molar-refractivity contribution in [2.75, 3.05) is 21.3 Å². The lowest BCUT2D eigenvalue weighted by atomic mass is 10.0. The number of benzene rings is 2. The van der Waals surface area contributed by atoms with Crippen molar-refractivity contribution in [1.29, 1.82) is 5.26 Å². The molecule has 0 fully saturated rings. The highest BCUT2D eigenvalue weighted by atomic mass is 35.5. The topological polar surface area (TPSA) is 68.6 Å². The van der Waals surface area contributed by atoms with E-state index in [1.54, 1.807) is 33.5 Å². The molecular weight excluding hydrogens is 354 g/mol. The monoisotopic (exact) mass is 373 g/mol.